The van der Waals surface area contributed by atoms with Crippen LogP contribution < -0.4 is 4.74 Å². The average molecular weight is 423 g/mol. The van der Waals surface area contributed by atoms with Gasteiger partial charge in [-0.3, -0.25) is 4.79 Å². The molecule has 0 saturated carbocycles. The maximum atomic E-state index is 12.7. The SMILES string of the molecule is COc1ccc2c(c1)CCN(CCCN(C)CCc1csc3ccccc13)C(=O)C2. The molecule has 4 rings (SSSR count). The molecule has 0 bridgehead atoms. The number of ether oxygens (including phenoxy) is 1. The quantitative estimate of drug-likeness (QED) is 0.539. The van der Waals surface area contributed by atoms with Crippen molar-refractivity contribution in [2.24, 2.45) is 0 Å². The lowest BCUT2D eigenvalue weighted by Gasteiger charge is -2.22. The number of amides is 1. The molecule has 0 saturated heterocycles. The third kappa shape index (κ3) is 4.85. The lowest BCUT2D eigenvalue weighted by molar-refractivity contribution is -0.130. The van der Waals surface area contributed by atoms with Crippen molar-refractivity contribution in [2.75, 3.05) is 40.3 Å². The summed E-state index contributed by atoms with van der Waals surface area (Å²) in [4.78, 5) is 17.1. The highest BCUT2D eigenvalue weighted by molar-refractivity contribution is 7.17. The van der Waals surface area contributed by atoms with Gasteiger partial charge in [0.25, 0.3) is 0 Å². The predicted molar refractivity (Wildman–Crippen MR) is 125 cm³/mol. The summed E-state index contributed by atoms with van der Waals surface area (Å²) < 4.78 is 6.70. The van der Waals surface area contributed by atoms with Gasteiger partial charge in [0.2, 0.25) is 5.91 Å². The van der Waals surface area contributed by atoms with Gasteiger partial charge in [-0.2, -0.15) is 0 Å². The Kier molecular flexibility index (Phi) is 6.70. The van der Waals surface area contributed by atoms with Gasteiger partial charge in [0.05, 0.1) is 13.5 Å². The highest BCUT2D eigenvalue weighted by Crippen LogP contribution is 2.26. The van der Waals surface area contributed by atoms with E-state index in [1.54, 1.807) is 7.11 Å². The molecule has 0 radical (unpaired) electrons. The van der Waals surface area contributed by atoms with E-state index in [4.69, 9.17) is 4.74 Å². The van der Waals surface area contributed by atoms with Crippen LogP contribution in [0.25, 0.3) is 10.1 Å². The lowest BCUT2D eigenvalue weighted by Crippen LogP contribution is -2.35. The number of rotatable bonds is 8. The van der Waals surface area contributed by atoms with Gasteiger partial charge in [0, 0.05) is 24.3 Å². The Morgan fingerprint density at radius 3 is 2.87 bits per heavy atom. The molecule has 0 spiro atoms. The van der Waals surface area contributed by atoms with Gasteiger partial charge in [0.15, 0.2) is 0 Å². The highest BCUT2D eigenvalue weighted by atomic mass is 32.1. The maximum absolute atomic E-state index is 12.7. The van der Waals surface area contributed by atoms with Gasteiger partial charge >= 0.3 is 0 Å². The number of thiophene rings is 1. The van der Waals surface area contributed by atoms with Crippen LogP contribution in [0.4, 0.5) is 0 Å². The minimum atomic E-state index is 0.242. The lowest BCUT2D eigenvalue weighted by atomic mass is 10.0. The van der Waals surface area contributed by atoms with Crippen LogP contribution in [0.2, 0.25) is 0 Å². The fourth-order valence-corrected chi connectivity index (χ4v) is 5.20. The molecule has 158 valence electrons. The Morgan fingerprint density at radius 1 is 1.13 bits per heavy atom. The summed E-state index contributed by atoms with van der Waals surface area (Å²) in [5, 5.41) is 3.68. The number of hydrogen-bond acceptors (Lipinski definition) is 4. The number of fused-ring (bicyclic) bond motifs is 2. The minimum Gasteiger partial charge on any atom is -0.497 e. The van der Waals surface area contributed by atoms with Crippen molar-refractivity contribution >= 4 is 27.3 Å². The molecule has 30 heavy (non-hydrogen) atoms. The zero-order valence-electron chi connectivity index (χ0n) is 17.9. The molecule has 0 unspecified atom stereocenters. The normalized spacial score (nSPS) is 14.2. The molecule has 0 fully saturated rings. The number of carbonyl (C=O) groups is 1. The van der Waals surface area contributed by atoms with E-state index in [0.29, 0.717) is 6.42 Å². The summed E-state index contributed by atoms with van der Waals surface area (Å²) >= 11 is 1.83. The van der Waals surface area contributed by atoms with Crippen LogP contribution in [0.1, 0.15) is 23.1 Å². The van der Waals surface area contributed by atoms with E-state index in [1.165, 1.54) is 21.2 Å². The summed E-state index contributed by atoms with van der Waals surface area (Å²) in [6.45, 7) is 3.67. The maximum Gasteiger partial charge on any atom is 0.227 e. The molecule has 1 amide bonds. The smallest absolute Gasteiger partial charge is 0.227 e. The number of carbonyl (C=O) groups excluding carboxylic acids is 1. The molecule has 0 aliphatic carbocycles. The molecule has 2 heterocycles. The third-order valence-electron chi connectivity index (χ3n) is 6.05. The van der Waals surface area contributed by atoms with Crippen LogP contribution >= 0.6 is 11.3 Å². The van der Waals surface area contributed by atoms with Gasteiger partial charge in [-0.1, -0.05) is 24.3 Å². The Bertz CT molecular complexity index is 1010. The molecule has 4 nitrogen and oxygen atoms in total. The van der Waals surface area contributed by atoms with Crippen LogP contribution in [0, 0.1) is 0 Å². The second-order valence-electron chi connectivity index (χ2n) is 8.11. The molecule has 3 aromatic rings. The van der Waals surface area contributed by atoms with Gasteiger partial charge in [-0.15, -0.1) is 11.3 Å². The molecule has 1 aliphatic rings. The molecule has 1 aliphatic heterocycles. The standard InChI is InChI=1S/C25H30N2O2S/c1-26(14-10-21-18-30-24-7-4-3-6-23(21)24)12-5-13-27-15-11-20-16-22(29-2)9-8-19(20)17-25(27)28/h3-4,6-9,16,18H,5,10-15,17H2,1-2H3. The van der Waals surface area contributed by atoms with E-state index in [-0.39, 0.29) is 5.91 Å². The van der Waals surface area contributed by atoms with Crippen LogP contribution in [0.5, 0.6) is 5.75 Å². The topological polar surface area (TPSA) is 32.8 Å². The highest BCUT2D eigenvalue weighted by Gasteiger charge is 2.20. The van der Waals surface area contributed by atoms with E-state index in [2.05, 4.69) is 47.7 Å². The Balaban J connectivity index is 1.24. The van der Waals surface area contributed by atoms with Gasteiger partial charge < -0.3 is 14.5 Å². The van der Waals surface area contributed by atoms with Gasteiger partial charge in [-0.05, 0) is 78.5 Å². The summed E-state index contributed by atoms with van der Waals surface area (Å²) in [6, 6.07) is 14.7. The van der Waals surface area contributed by atoms with Crippen LogP contribution in [0.15, 0.2) is 47.8 Å². The Labute approximate surface area is 183 Å². The van der Waals surface area contributed by atoms with Crippen molar-refractivity contribution < 1.29 is 9.53 Å². The van der Waals surface area contributed by atoms with Crippen LogP contribution in [-0.2, 0) is 24.1 Å². The summed E-state index contributed by atoms with van der Waals surface area (Å²) in [7, 11) is 3.87. The largest absolute Gasteiger partial charge is 0.497 e. The Morgan fingerprint density at radius 2 is 2.00 bits per heavy atom. The molecular formula is C25H30N2O2S. The first-order chi connectivity index (χ1) is 14.6. The van der Waals surface area contributed by atoms with E-state index >= 15 is 0 Å². The first kappa shape index (κ1) is 20.9. The Hall–Kier alpha value is -2.37. The summed E-state index contributed by atoms with van der Waals surface area (Å²) in [5.74, 6) is 1.11. The van der Waals surface area contributed by atoms with Crippen LogP contribution in [0.3, 0.4) is 0 Å². The zero-order chi connectivity index (χ0) is 20.9. The first-order valence-corrected chi connectivity index (χ1v) is 11.6. The zero-order valence-corrected chi connectivity index (χ0v) is 18.7. The van der Waals surface area contributed by atoms with E-state index in [9.17, 15) is 4.79 Å². The second-order valence-corrected chi connectivity index (χ2v) is 9.02. The van der Waals surface area contributed by atoms with E-state index in [0.717, 1.165) is 56.8 Å². The molecular weight excluding hydrogens is 392 g/mol. The fourth-order valence-electron chi connectivity index (χ4n) is 4.21. The molecule has 0 atom stereocenters. The second kappa shape index (κ2) is 9.63. The number of likely N-dealkylation sites (N-methyl/N-ethyl adjacent to an activating group) is 1. The molecule has 2 aromatic carbocycles. The van der Waals surface area contributed by atoms with Crippen molar-refractivity contribution in [1.29, 1.82) is 0 Å². The van der Waals surface area contributed by atoms with Gasteiger partial charge in [-0.25, -0.2) is 0 Å². The molecule has 5 heteroatoms. The number of hydrogen-bond donors (Lipinski definition) is 0. The van der Waals surface area contributed by atoms with Crippen molar-refractivity contribution in [3.8, 4) is 5.75 Å². The molecule has 0 N–H and O–H groups in total. The van der Waals surface area contributed by atoms with E-state index < -0.39 is 0 Å². The van der Waals surface area contributed by atoms with Crippen molar-refractivity contribution in [3.05, 3.63) is 64.5 Å². The number of methoxy groups -OCH3 is 1. The fraction of sp³-hybridized carbons (Fsp3) is 0.400. The first-order valence-electron chi connectivity index (χ1n) is 10.7. The third-order valence-corrected chi connectivity index (χ3v) is 7.06. The van der Waals surface area contributed by atoms with Crippen molar-refractivity contribution in [3.63, 3.8) is 0 Å². The average Bonchev–Trinajstić information content (AvgIpc) is 3.11. The monoisotopic (exact) mass is 422 g/mol. The minimum absolute atomic E-state index is 0.242. The van der Waals surface area contributed by atoms with E-state index in [1.807, 2.05) is 28.4 Å². The summed E-state index contributed by atoms with van der Waals surface area (Å²) in [6.07, 6.45) is 3.48. The number of benzene rings is 2. The number of nitrogens with zero attached hydrogens (tertiary/aromatic N) is 2. The van der Waals surface area contributed by atoms with Crippen molar-refractivity contribution in [2.45, 2.75) is 25.7 Å². The predicted octanol–water partition coefficient (Wildman–Crippen LogP) is 4.40. The molecule has 1 aromatic heterocycles. The van der Waals surface area contributed by atoms with Gasteiger partial charge in [0.1, 0.15) is 5.75 Å². The summed E-state index contributed by atoms with van der Waals surface area (Å²) in [5.41, 5.74) is 3.83. The van der Waals surface area contributed by atoms with Crippen molar-refractivity contribution in [1.82, 2.24) is 9.80 Å². The van der Waals surface area contributed by atoms with Crippen LogP contribution in [-0.4, -0.2) is 56.0 Å².